The van der Waals surface area contributed by atoms with Crippen molar-refractivity contribution in [3.8, 4) is 22.6 Å². The molecule has 0 spiro atoms. The molecule has 6 heterocycles. The predicted octanol–water partition coefficient (Wildman–Crippen LogP) is 4.25. The molecule has 9 nitrogen and oxygen atoms in total. The van der Waals surface area contributed by atoms with Gasteiger partial charge in [-0.2, -0.15) is 5.10 Å². The van der Waals surface area contributed by atoms with Crippen LogP contribution in [0.5, 0.6) is 0 Å². The van der Waals surface area contributed by atoms with Crippen molar-refractivity contribution in [2.45, 2.75) is 51.1 Å². The Bertz CT molecular complexity index is 1570. The molecule has 2 saturated heterocycles. The summed E-state index contributed by atoms with van der Waals surface area (Å²) >= 11 is 0. The van der Waals surface area contributed by atoms with E-state index in [4.69, 9.17) is 15.8 Å². The number of rotatable bonds is 5. The summed E-state index contributed by atoms with van der Waals surface area (Å²) in [6, 6.07) is 6.66. The number of likely N-dealkylation sites (tertiary alicyclic amines) is 1. The van der Waals surface area contributed by atoms with E-state index >= 15 is 0 Å². The molecule has 214 valence electrons. The number of nitrogens with zero attached hydrogens (tertiary/aromatic N) is 6. The second-order valence-electron chi connectivity index (χ2n) is 12.6. The van der Waals surface area contributed by atoms with Gasteiger partial charge in [0.15, 0.2) is 0 Å². The Balaban J connectivity index is 1.22. The van der Waals surface area contributed by atoms with E-state index in [1.54, 1.807) is 0 Å². The lowest BCUT2D eigenvalue weighted by atomic mass is 9.94. The Labute approximate surface area is 241 Å². The molecule has 0 amide bonds. The zero-order valence-electron chi connectivity index (χ0n) is 24.3. The van der Waals surface area contributed by atoms with Crippen LogP contribution in [0.25, 0.3) is 39.2 Å². The van der Waals surface area contributed by atoms with Gasteiger partial charge >= 0.3 is 0 Å². The number of hydrogen-bond acceptors (Lipinski definition) is 7. The second-order valence-corrected chi connectivity index (χ2v) is 12.6. The molecule has 4 N–H and O–H groups in total. The number of nitrogens with two attached hydrogens (primary N) is 1. The molecule has 7 rings (SSSR count). The molecule has 4 aromatic rings. The maximum atomic E-state index is 6.75. The third kappa shape index (κ3) is 5.41. The first-order valence-corrected chi connectivity index (χ1v) is 15.1. The summed E-state index contributed by atoms with van der Waals surface area (Å²) < 4.78 is 0. The highest BCUT2D eigenvalue weighted by Gasteiger charge is 2.30. The highest BCUT2D eigenvalue weighted by Crippen LogP contribution is 2.37. The fraction of sp³-hybridized carbons (Fsp3) is 0.469. The molecular weight excluding hydrogens is 510 g/mol. The van der Waals surface area contributed by atoms with Gasteiger partial charge in [-0.3, -0.25) is 20.0 Å². The quantitative estimate of drug-likeness (QED) is 0.340. The minimum absolute atomic E-state index is 0.303. The zero-order chi connectivity index (χ0) is 28.0. The number of piperidine rings is 1. The van der Waals surface area contributed by atoms with E-state index in [2.05, 4.69) is 68.0 Å². The lowest BCUT2D eigenvalue weighted by Crippen LogP contribution is -2.43. The first kappa shape index (κ1) is 26.4. The monoisotopic (exact) mass is 551 g/mol. The largest absolute Gasteiger partial charge is 0.369 e. The number of hydrogen-bond donors (Lipinski definition) is 3. The summed E-state index contributed by atoms with van der Waals surface area (Å²) in [7, 11) is 2.20. The fourth-order valence-electron chi connectivity index (χ4n) is 6.63. The number of aromatic nitrogens is 5. The summed E-state index contributed by atoms with van der Waals surface area (Å²) in [5, 5.41) is 9.02. The average Bonchev–Trinajstić information content (AvgIpc) is 3.55. The number of likely N-dealkylation sites (N-methyl/N-ethyl adjacent to an activating group) is 1. The maximum absolute atomic E-state index is 6.75. The van der Waals surface area contributed by atoms with Crippen LogP contribution in [-0.2, 0) is 13.0 Å². The summed E-state index contributed by atoms with van der Waals surface area (Å²) in [4.78, 5) is 20.5. The number of nitrogens with one attached hydrogen (secondary N) is 2. The van der Waals surface area contributed by atoms with E-state index in [0.29, 0.717) is 0 Å². The maximum Gasteiger partial charge on any atom is 0.116 e. The Morgan fingerprint density at radius 3 is 2.63 bits per heavy atom. The summed E-state index contributed by atoms with van der Waals surface area (Å²) in [6.07, 6.45) is 13.7. The van der Waals surface area contributed by atoms with Gasteiger partial charge in [-0.05, 0) is 70.1 Å². The topological polar surface area (TPSA) is 106 Å². The van der Waals surface area contributed by atoms with Crippen LogP contribution in [0.2, 0.25) is 0 Å². The molecule has 0 aromatic carbocycles. The van der Waals surface area contributed by atoms with E-state index < -0.39 is 0 Å². The van der Waals surface area contributed by atoms with Crippen LogP contribution in [0, 0.1) is 0 Å². The molecular formula is C32H41N9. The van der Waals surface area contributed by atoms with Crippen LogP contribution in [0.3, 0.4) is 0 Å². The Hall–Kier alpha value is -3.53. The van der Waals surface area contributed by atoms with Gasteiger partial charge in [0.25, 0.3) is 0 Å². The SMILES string of the molecule is CN1CCN(C2=CCC(C)(N)Cc3[nH]c(-c4n[nH]c5cnc(-c6cncc(CN7CCCCC7)c6)cc45)cc32)CC1. The standard InChI is InChI=1S/C32H41N9/c1-32(33)7-6-30(41-12-10-39(2)11-13-41)24-15-27(36-28(24)17-32)31-25-16-26(35-20-29(25)37-38-31)23-14-22(18-34-19-23)21-40-8-4-3-5-9-40/h6,14-16,18-20,36H,3-5,7-13,17,21,33H2,1-2H3,(H,37,38). The number of piperazine rings is 1. The van der Waals surface area contributed by atoms with E-state index in [1.165, 1.54) is 54.9 Å². The molecule has 9 heteroatoms. The second kappa shape index (κ2) is 10.7. The minimum Gasteiger partial charge on any atom is -0.369 e. The third-order valence-electron chi connectivity index (χ3n) is 9.01. The smallest absolute Gasteiger partial charge is 0.116 e. The van der Waals surface area contributed by atoms with Gasteiger partial charge in [-0.15, -0.1) is 0 Å². The van der Waals surface area contributed by atoms with Crippen molar-refractivity contribution in [1.29, 1.82) is 0 Å². The number of pyridine rings is 2. The molecule has 0 saturated carbocycles. The van der Waals surface area contributed by atoms with Crippen LogP contribution in [0.4, 0.5) is 0 Å². The number of aromatic amines is 2. The van der Waals surface area contributed by atoms with Crippen LogP contribution in [0.1, 0.15) is 49.4 Å². The summed E-state index contributed by atoms with van der Waals surface area (Å²) in [6.45, 7) is 9.61. The lowest BCUT2D eigenvalue weighted by molar-refractivity contribution is 0.207. The Morgan fingerprint density at radius 2 is 1.80 bits per heavy atom. The number of H-pyrrole nitrogens is 2. The van der Waals surface area contributed by atoms with Gasteiger partial charge in [-0.25, -0.2) is 0 Å². The van der Waals surface area contributed by atoms with Crippen LogP contribution in [0.15, 0.2) is 42.9 Å². The van der Waals surface area contributed by atoms with Gasteiger partial charge in [0.1, 0.15) is 5.69 Å². The first-order chi connectivity index (χ1) is 19.9. The van der Waals surface area contributed by atoms with Crippen molar-refractivity contribution in [2.24, 2.45) is 5.73 Å². The molecule has 4 aromatic heterocycles. The molecule has 1 aliphatic carbocycles. The van der Waals surface area contributed by atoms with Gasteiger partial charge < -0.3 is 20.5 Å². The molecule has 1 unspecified atom stereocenters. The van der Waals surface area contributed by atoms with E-state index in [-0.39, 0.29) is 5.54 Å². The first-order valence-electron chi connectivity index (χ1n) is 15.1. The highest BCUT2D eigenvalue weighted by atomic mass is 15.3. The molecule has 1 atom stereocenters. The van der Waals surface area contributed by atoms with E-state index in [1.807, 2.05) is 18.6 Å². The lowest BCUT2D eigenvalue weighted by Gasteiger charge is -2.35. The summed E-state index contributed by atoms with van der Waals surface area (Å²) in [5.41, 5.74) is 16.2. The minimum atomic E-state index is -0.303. The normalized spacial score (nSPS) is 22.5. The van der Waals surface area contributed by atoms with Gasteiger partial charge in [-0.1, -0.05) is 12.5 Å². The van der Waals surface area contributed by atoms with Crippen LogP contribution in [-0.4, -0.2) is 91.7 Å². The van der Waals surface area contributed by atoms with E-state index in [0.717, 1.165) is 79.1 Å². The zero-order valence-corrected chi connectivity index (χ0v) is 24.3. The average molecular weight is 552 g/mol. The number of fused-ring (bicyclic) bond motifs is 2. The van der Waals surface area contributed by atoms with Gasteiger partial charge in [0.05, 0.1) is 23.1 Å². The van der Waals surface area contributed by atoms with Gasteiger partial charge in [0, 0.05) is 85.0 Å². The molecule has 2 fully saturated rings. The molecule has 41 heavy (non-hydrogen) atoms. The van der Waals surface area contributed by atoms with Crippen molar-refractivity contribution < 1.29 is 0 Å². The predicted molar refractivity (Wildman–Crippen MR) is 164 cm³/mol. The van der Waals surface area contributed by atoms with Crippen molar-refractivity contribution >= 4 is 16.6 Å². The van der Waals surface area contributed by atoms with Crippen molar-refractivity contribution in [3.05, 3.63) is 59.7 Å². The summed E-state index contributed by atoms with van der Waals surface area (Å²) in [5.74, 6) is 0. The fourth-order valence-corrected chi connectivity index (χ4v) is 6.63. The van der Waals surface area contributed by atoms with Crippen LogP contribution < -0.4 is 5.73 Å². The van der Waals surface area contributed by atoms with Gasteiger partial charge in [0.2, 0.25) is 0 Å². The Morgan fingerprint density at radius 1 is 0.976 bits per heavy atom. The molecule has 0 radical (unpaired) electrons. The van der Waals surface area contributed by atoms with Crippen molar-refractivity contribution in [3.63, 3.8) is 0 Å². The van der Waals surface area contributed by atoms with Crippen molar-refractivity contribution in [2.75, 3.05) is 46.3 Å². The highest BCUT2D eigenvalue weighted by molar-refractivity contribution is 5.94. The molecule has 3 aliphatic rings. The third-order valence-corrected chi connectivity index (χ3v) is 9.01. The molecule has 0 bridgehead atoms. The van der Waals surface area contributed by atoms with Crippen LogP contribution >= 0.6 is 0 Å². The Kier molecular flexibility index (Phi) is 6.89. The molecule has 2 aliphatic heterocycles. The van der Waals surface area contributed by atoms with Crippen molar-refractivity contribution in [1.82, 2.24) is 39.8 Å². The van der Waals surface area contributed by atoms with E-state index in [9.17, 15) is 0 Å².